The van der Waals surface area contributed by atoms with Gasteiger partial charge in [-0.2, -0.15) is 0 Å². The van der Waals surface area contributed by atoms with E-state index in [1.807, 2.05) is 49.1 Å². The van der Waals surface area contributed by atoms with E-state index in [0.717, 1.165) is 5.56 Å². The van der Waals surface area contributed by atoms with Crippen LogP contribution in [0.1, 0.15) is 29.8 Å². The molecule has 0 aliphatic carbocycles. The van der Waals surface area contributed by atoms with Gasteiger partial charge in [0.1, 0.15) is 0 Å². The molecule has 0 saturated carbocycles. The average molecular weight is 347 g/mol. The van der Waals surface area contributed by atoms with Crippen LogP contribution in [0.4, 0.5) is 0 Å². The first-order chi connectivity index (χ1) is 11.3. The van der Waals surface area contributed by atoms with Crippen LogP contribution in [0, 0.1) is 0 Å². The summed E-state index contributed by atoms with van der Waals surface area (Å²) in [6.45, 7) is 4.54. The lowest BCUT2D eigenvalue weighted by Gasteiger charge is -2.28. The zero-order chi connectivity index (χ0) is 17.7. The summed E-state index contributed by atoms with van der Waals surface area (Å²) in [5.74, 6) is -1.05. The summed E-state index contributed by atoms with van der Waals surface area (Å²) >= 11 is 0. The zero-order valence-electron chi connectivity index (χ0n) is 13.8. The number of rotatable bonds is 7. The minimum absolute atomic E-state index is 0.0198. The van der Waals surface area contributed by atoms with Crippen LogP contribution in [0.15, 0.2) is 54.6 Å². The minimum Gasteiger partial charge on any atom is -0.478 e. The third kappa shape index (κ3) is 4.78. The van der Waals surface area contributed by atoms with Gasteiger partial charge in [-0.25, -0.2) is 4.79 Å². The van der Waals surface area contributed by atoms with Crippen molar-refractivity contribution in [2.45, 2.75) is 26.4 Å². The molecule has 128 valence electrons. The molecule has 2 aromatic carbocycles. The highest BCUT2D eigenvalue weighted by molar-refractivity contribution is 7.66. The van der Waals surface area contributed by atoms with Crippen LogP contribution in [0.2, 0.25) is 0 Å². The largest absolute Gasteiger partial charge is 0.478 e. The van der Waals surface area contributed by atoms with Crippen molar-refractivity contribution in [3.8, 4) is 0 Å². The maximum Gasteiger partial charge on any atom is 0.335 e. The fourth-order valence-corrected chi connectivity index (χ4v) is 4.08. The second-order valence-electron chi connectivity index (χ2n) is 6.02. The molecule has 0 spiro atoms. The van der Waals surface area contributed by atoms with Crippen LogP contribution in [0.25, 0.3) is 0 Å². The molecular weight excluding hydrogens is 325 g/mol. The third-order valence-electron chi connectivity index (χ3n) is 3.85. The van der Waals surface area contributed by atoms with E-state index >= 15 is 0 Å². The third-order valence-corrected chi connectivity index (χ3v) is 5.70. The summed E-state index contributed by atoms with van der Waals surface area (Å²) in [6.07, 6.45) is 0.0198. The molecule has 0 fully saturated rings. The lowest BCUT2D eigenvalue weighted by Crippen LogP contribution is -2.33. The first-order valence-electron chi connectivity index (χ1n) is 7.73. The van der Waals surface area contributed by atoms with Gasteiger partial charge >= 0.3 is 5.97 Å². The van der Waals surface area contributed by atoms with E-state index in [0.29, 0.717) is 6.54 Å². The average Bonchev–Trinajstić information content (AvgIpc) is 2.55. The molecule has 24 heavy (non-hydrogen) atoms. The summed E-state index contributed by atoms with van der Waals surface area (Å²) in [5.41, 5.74) is 1.18. The molecule has 0 aromatic heterocycles. The van der Waals surface area contributed by atoms with Crippen LogP contribution in [-0.4, -0.2) is 33.2 Å². The Bertz CT molecular complexity index is 728. The number of nitrogens with zero attached hydrogens (tertiary/aromatic N) is 1. The van der Waals surface area contributed by atoms with E-state index < -0.39 is 13.3 Å². The van der Waals surface area contributed by atoms with E-state index in [1.165, 1.54) is 24.3 Å². The van der Waals surface area contributed by atoms with Crippen LogP contribution in [-0.2, 0) is 11.1 Å². The maximum atomic E-state index is 12.8. The monoisotopic (exact) mass is 347 g/mol. The summed E-state index contributed by atoms with van der Waals surface area (Å²) in [7, 11) is -3.61. The Morgan fingerprint density at radius 2 is 1.67 bits per heavy atom. The number of carboxylic acids is 1. The van der Waals surface area contributed by atoms with Gasteiger partial charge in [-0.3, -0.25) is 9.46 Å². The Morgan fingerprint density at radius 1 is 1.08 bits per heavy atom. The number of hydrogen-bond acceptors (Lipinski definition) is 3. The summed E-state index contributed by atoms with van der Waals surface area (Å²) < 4.78 is 12.8. The molecule has 0 heterocycles. The zero-order valence-corrected chi connectivity index (χ0v) is 14.7. The van der Waals surface area contributed by atoms with Crippen molar-refractivity contribution >= 4 is 18.6 Å². The number of carboxylic acid groups (broad SMARTS) is 1. The normalized spacial score (nSPS) is 13.9. The van der Waals surface area contributed by atoms with Crippen molar-refractivity contribution in [1.29, 1.82) is 0 Å². The molecule has 5 nitrogen and oxygen atoms in total. The van der Waals surface area contributed by atoms with Gasteiger partial charge in [0.25, 0.3) is 0 Å². The molecule has 0 aliphatic heterocycles. The second-order valence-corrected chi connectivity index (χ2v) is 8.22. The van der Waals surface area contributed by atoms with Gasteiger partial charge in [0.05, 0.1) is 11.8 Å². The summed E-state index contributed by atoms with van der Waals surface area (Å²) in [4.78, 5) is 23.3. The predicted octanol–water partition coefficient (Wildman–Crippen LogP) is 3.15. The van der Waals surface area contributed by atoms with Crippen molar-refractivity contribution in [3.05, 3.63) is 65.7 Å². The van der Waals surface area contributed by atoms with Crippen molar-refractivity contribution in [2.75, 3.05) is 6.29 Å². The first-order valence-corrected chi connectivity index (χ1v) is 9.58. The Hall–Kier alpha value is -1.94. The first kappa shape index (κ1) is 18.4. The van der Waals surface area contributed by atoms with E-state index in [4.69, 9.17) is 5.11 Å². The number of benzene rings is 2. The Labute approximate surface area is 142 Å². The second kappa shape index (κ2) is 7.75. The van der Waals surface area contributed by atoms with Gasteiger partial charge in [-0.1, -0.05) is 30.3 Å². The molecule has 2 N–H and O–H groups in total. The highest BCUT2D eigenvalue weighted by atomic mass is 31.2. The molecule has 1 unspecified atom stereocenters. The van der Waals surface area contributed by atoms with Gasteiger partial charge in [0.2, 0.25) is 7.37 Å². The predicted molar refractivity (Wildman–Crippen MR) is 94.8 cm³/mol. The Morgan fingerprint density at radius 3 is 2.17 bits per heavy atom. The molecule has 0 aliphatic rings. The van der Waals surface area contributed by atoms with Crippen molar-refractivity contribution in [3.63, 3.8) is 0 Å². The van der Waals surface area contributed by atoms with Gasteiger partial charge in [0.15, 0.2) is 0 Å². The van der Waals surface area contributed by atoms with Crippen LogP contribution in [0.5, 0.6) is 0 Å². The van der Waals surface area contributed by atoms with Crippen molar-refractivity contribution in [1.82, 2.24) is 4.90 Å². The maximum absolute atomic E-state index is 12.8. The molecule has 2 aromatic rings. The van der Waals surface area contributed by atoms with Gasteiger partial charge in [-0.05, 0) is 43.7 Å². The number of carbonyl (C=O) groups is 1. The molecule has 0 radical (unpaired) electrons. The summed E-state index contributed by atoms with van der Waals surface area (Å²) in [5, 5.41) is 9.19. The van der Waals surface area contributed by atoms with Gasteiger partial charge in [0, 0.05) is 17.9 Å². The van der Waals surface area contributed by atoms with E-state index in [1.54, 1.807) is 0 Å². The molecule has 0 amide bonds. The SMILES string of the molecule is CC(C)N(Cc1ccccc1)CP(=O)(O)c1ccc(C(=O)O)cc1. The lowest BCUT2D eigenvalue weighted by atomic mass is 10.2. The number of aromatic carboxylic acids is 1. The van der Waals surface area contributed by atoms with E-state index in [2.05, 4.69) is 0 Å². The molecule has 2 rings (SSSR count). The molecular formula is C18H22NO4P. The molecule has 0 saturated heterocycles. The lowest BCUT2D eigenvalue weighted by molar-refractivity contribution is 0.0697. The van der Waals surface area contributed by atoms with E-state index in [-0.39, 0.29) is 23.2 Å². The number of hydrogen-bond donors (Lipinski definition) is 2. The van der Waals surface area contributed by atoms with Crippen LogP contribution < -0.4 is 5.30 Å². The van der Waals surface area contributed by atoms with Gasteiger partial charge in [-0.15, -0.1) is 0 Å². The van der Waals surface area contributed by atoms with Crippen LogP contribution >= 0.6 is 7.37 Å². The highest BCUT2D eigenvalue weighted by Crippen LogP contribution is 2.40. The molecule has 0 bridgehead atoms. The minimum atomic E-state index is -3.61. The van der Waals surface area contributed by atoms with Crippen LogP contribution in [0.3, 0.4) is 0 Å². The molecule has 6 heteroatoms. The van der Waals surface area contributed by atoms with Gasteiger partial charge < -0.3 is 10.00 Å². The Kier molecular flexibility index (Phi) is 5.94. The quantitative estimate of drug-likeness (QED) is 0.753. The fourth-order valence-electron chi connectivity index (χ4n) is 2.38. The smallest absolute Gasteiger partial charge is 0.335 e. The molecule has 1 atom stereocenters. The standard InChI is InChI=1S/C18H22NO4P/c1-14(2)19(12-15-6-4-3-5-7-15)13-24(22,23)17-10-8-16(9-11-17)18(20)21/h3-11,14H,12-13H2,1-2H3,(H,20,21)(H,22,23). The Balaban J connectivity index is 2.17. The van der Waals surface area contributed by atoms with Crippen molar-refractivity contribution < 1.29 is 19.4 Å². The topological polar surface area (TPSA) is 77.8 Å². The van der Waals surface area contributed by atoms with E-state index in [9.17, 15) is 14.3 Å². The fraction of sp³-hybridized carbons (Fsp3) is 0.278. The van der Waals surface area contributed by atoms with Crippen molar-refractivity contribution in [2.24, 2.45) is 0 Å². The highest BCUT2D eigenvalue weighted by Gasteiger charge is 2.26. The summed E-state index contributed by atoms with van der Waals surface area (Å²) in [6, 6.07) is 15.5.